The number of hydrogen-bond acceptors (Lipinski definition) is 2. The van der Waals surface area contributed by atoms with Crippen molar-refractivity contribution in [1.29, 1.82) is 0 Å². The van der Waals surface area contributed by atoms with Crippen molar-refractivity contribution in [1.82, 2.24) is 4.90 Å². The Morgan fingerprint density at radius 2 is 2.06 bits per heavy atom. The Morgan fingerprint density at radius 1 is 1.44 bits per heavy atom. The fraction of sp³-hybridized carbons (Fsp3) is 0.923. The summed E-state index contributed by atoms with van der Waals surface area (Å²) in [6, 6.07) is 0. The largest absolute Gasteiger partial charge is 0.345 e. The summed E-state index contributed by atoms with van der Waals surface area (Å²) < 4.78 is 0. The maximum atomic E-state index is 11.9. The van der Waals surface area contributed by atoms with E-state index < -0.39 is 0 Å². The molecule has 1 amide bonds. The summed E-state index contributed by atoms with van der Waals surface area (Å²) in [5.74, 6) is 1.37. The molecule has 0 aromatic carbocycles. The Kier molecular flexibility index (Phi) is 5.81. The second-order valence-corrected chi connectivity index (χ2v) is 5.14. The van der Waals surface area contributed by atoms with Crippen molar-refractivity contribution in [3.8, 4) is 0 Å². The van der Waals surface area contributed by atoms with Gasteiger partial charge in [0.25, 0.3) is 0 Å². The molecule has 1 aliphatic carbocycles. The lowest BCUT2D eigenvalue weighted by Gasteiger charge is -2.23. The third kappa shape index (κ3) is 4.12. The lowest BCUT2D eigenvalue weighted by molar-refractivity contribution is -0.131. The van der Waals surface area contributed by atoms with Gasteiger partial charge in [-0.25, -0.2) is 0 Å². The lowest BCUT2D eigenvalue weighted by atomic mass is 10.0. The minimum absolute atomic E-state index is 0.268. The molecule has 94 valence electrons. The molecule has 2 N–H and O–H groups in total. The molecule has 1 saturated carbocycles. The minimum Gasteiger partial charge on any atom is -0.345 e. The van der Waals surface area contributed by atoms with E-state index in [1.54, 1.807) is 0 Å². The van der Waals surface area contributed by atoms with E-state index in [0.717, 1.165) is 18.9 Å². The molecule has 0 aliphatic heterocycles. The molecule has 0 bridgehead atoms. The molecule has 1 atom stereocenters. The zero-order valence-corrected chi connectivity index (χ0v) is 10.7. The SMILES string of the molecule is CCC(CN)CC(=O)N(C)CC1CCCC1. The molecule has 3 heteroatoms. The average molecular weight is 226 g/mol. The van der Waals surface area contributed by atoms with Gasteiger partial charge in [0.15, 0.2) is 0 Å². The molecule has 0 heterocycles. The van der Waals surface area contributed by atoms with Crippen LogP contribution in [0.4, 0.5) is 0 Å². The second-order valence-electron chi connectivity index (χ2n) is 5.14. The molecule has 1 unspecified atom stereocenters. The first-order valence-corrected chi connectivity index (χ1v) is 6.61. The number of amides is 1. The first-order valence-electron chi connectivity index (χ1n) is 6.61. The van der Waals surface area contributed by atoms with Crippen molar-refractivity contribution in [2.24, 2.45) is 17.6 Å². The van der Waals surface area contributed by atoms with Crippen molar-refractivity contribution in [2.75, 3.05) is 20.1 Å². The topological polar surface area (TPSA) is 46.3 Å². The lowest BCUT2D eigenvalue weighted by Crippen LogP contribution is -2.33. The Morgan fingerprint density at radius 3 is 2.56 bits per heavy atom. The van der Waals surface area contributed by atoms with Gasteiger partial charge in [-0.05, 0) is 31.2 Å². The molecular weight excluding hydrogens is 200 g/mol. The number of rotatable bonds is 6. The van der Waals surface area contributed by atoms with E-state index in [-0.39, 0.29) is 5.91 Å². The van der Waals surface area contributed by atoms with Crippen LogP contribution < -0.4 is 5.73 Å². The summed E-state index contributed by atoms with van der Waals surface area (Å²) in [5.41, 5.74) is 5.62. The molecule has 16 heavy (non-hydrogen) atoms. The van der Waals surface area contributed by atoms with E-state index in [9.17, 15) is 4.79 Å². The van der Waals surface area contributed by atoms with Gasteiger partial charge < -0.3 is 10.6 Å². The van der Waals surface area contributed by atoms with Gasteiger partial charge in [-0.3, -0.25) is 4.79 Å². The highest BCUT2D eigenvalue weighted by atomic mass is 16.2. The summed E-state index contributed by atoms with van der Waals surface area (Å²) >= 11 is 0. The molecule has 0 spiro atoms. The van der Waals surface area contributed by atoms with Crippen LogP contribution in [-0.4, -0.2) is 30.9 Å². The van der Waals surface area contributed by atoms with E-state index in [0.29, 0.717) is 18.9 Å². The van der Waals surface area contributed by atoms with E-state index in [1.807, 2.05) is 11.9 Å². The van der Waals surface area contributed by atoms with Crippen molar-refractivity contribution in [2.45, 2.75) is 45.4 Å². The standard InChI is InChI=1S/C13H26N2O/c1-3-11(9-14)8-13(16)15(2)10-12-6-4-5-7-12/h11-12H,3-10,14H2,1-2H3. The smallest absolute Gasteiger partial charge is 0.222 e. The van der Waals surface area contributed by atoms with Crippen LogP contribution >= 0.6 is 0 Å². The van der Waals surface area contributed by atoms with Crippen LogP contribution in [0.15, 0.2) is 0 Å². The van der Waals surface area contributed by atoms with Crippen molar-refractivity contribution < 1.29 is 4.79 Å². The van der Waals surface area contributed by atoms with Crippen LogP contribution in [-0.2, 0) is 4.79 Å². The molecule has 1 aliphatic rings. The molecule has 0 aromatic heterocycles. The Hall–Kier alpha value is -0.570. The number of carbonyl (C=O) groups excluding carboxylic acids is 1. The third-order valence-corrected chi connectivity index (χ3v) is 3.81. The average Bonchev–Trinajstić information content (AvgIpc) is 2.78. The number of nitrogens with two attached hydrogens (primary N) is 1. The molecular formula is C13H26N2O. The summed E-state index contributed by atoms with van der Waals surface area (Å²) in [7, 11) is 1.93. The molecule has 1 rings (SSSR count). The first-order chi connectivity index (χ1) is 7.67. The van der Waals surface area contributed by atoms with Crippen molar-refractivity contribution in [3.63, 3.8) is 0 Å². The van der Waals surface area contributed by atoms with Gasteiger partial charge in [0.2, 0.25) is 5.91 Å². The number of nitrogens with zero attached hydrogens (tertiary/aromatic N) is 1. The van der Waals surface area contributed by atoms with E-state index in [2.05, 4.69) is 6.92 Å². The number of hydrogen-bond donors (Lipinski definition) is 1. The predicted molar refractivity (Wildman–Crippen MR) is 67.0 cm³/mol. The van der Waals surface area contributed by atoms with Gasteiger partial charge in [0.05, 0.1) is 0 Å². The fourth-order valence-electron chi connectivity index (χ4n) is 2.48. The maximum Gasteiger partial charge on any atom is 0.222 e. The second kappa shape index (κ2) is 6.89. The Labute approximate surface area is 99.4 Å². The highest BCUT2D eigenvalue weighted by molar-refractivity contribution is 5.76. The molecule has 3 nitrogen and oxygen atoms in total. The van der Waals surface area contributed by atoms with Crippen molar-refractivity contribution in [3.05, 3.63) is 0 Å². The summed E-state index contributed by atoms with van der Waals surface area (Å²) in [6.07, 6.45) is 6.90. The van der Waals surface area contributed by atoms with Gasteiger partial charge in [-0.15, -0.1) is 0 Å². The number of carbonyl (C=O) groups is 1. The quantitative estimate of drug-likeness (QED) is 0.753. The van der Waals surface area contributed by atoms with Crippen LogP contribution in [0, 0.1) is 11.8 Å². The maximum absolute atomic E-state index is 11.9. The van der Waals surface area contributed by atoms with Crippen LogP contribution in [0.5, 0.6) is 0 Å². The first kappa shape index (κ1) is 13.5. The zero-order valence-electron chi connectivity index (χ0n) is 10.7. The van der Waals surface area contributed by atoms with Crippen molar-refractivity contribution >= 4 is 5.91 Å². The summed E-state index contributed by atoms with van der Waals surface area (Å²) in [5, 5.41) is 0. The fourth-order valence-corrected chi connectivity index (χ4v) is 2.48. The van der Waals surface area contributed by atoms with E-state index >= 15 is 0 Å². The van der Waals surface area contributed by atoms with Gasteiger partial charge in [-0.2, -0.15) is 0 Å². The van der Waals surface area contributed by atoms with Crippen LogP contribution in [0.1, 0.15) is 45.4 Å². The molecule has 0 radical (unpaired) electrons. The van der Waals surface area contributed by atoms with Crippen LogP contribution in [0.25, 0.3) is 0 Å². The zero-order chi connectivity index (χ0) is 12.0. The molecule has 0 aromatic rings. The highest BCUT2D eigenvalue weighted by Gasteiger charge is 2.20. The molecule has 0 saturated heterocycles. The van der Waals surface area contributed by atoms with E-state index in [4.69, 9.17) is 5.73 Å². The Balaban J connectivity index is 2.28. The van der Waals surface area contributed by atoms with Crippen LogP contribution in [0.2, 0.25) is 0 Å². The Bertz CT molecular complexity index is 208. The van der Waals surface area contributed by atoms with Crippen LogP contribution in [0.3, 0.4) is 0 Å². The van der Waals surface area contributed by atoms with Gasteiger partial charge >= 0.3 is 0 Å². The summed E-state index contributed by atoms with van der Waals surface area (Å²) in [4.78, 5) is 13.8. The summed E-state index contributed by atoms with van der Waals surface area (Å²) in [6.45, 7) is 3.67. The third-order valence-electron chi connectivity index (χ3n) is 3.81. The van der Waals surface area contributed by atoms with Gasteiger partial charge in [0.1, 0.15) is 0 Å². The van der Waals surface area contributed by atoms with Gasteiger partial charge in [-0.1, -0.05) is 26.2 Å². The highest BCUT2D eigenvalue weighted by Crippen LogP contribution is 2.25. The van der Waals surface area contributed by atoms with Gasteiger partial charge in [0, 0.05) is 20.0 Å². The monoisotopic (exact) mass is 226 g/mol. The van der Waals surface area contributed by atoms with E-state index in [1.165, 1.54) is 25.7 Å². The minimum atomic E-state index is 0.268. The normalized spacial score (nSPS) is 18.7. The predicted octanol–water partition coefficient (Wildman–Crippen LogP) is 2.01. The molecule has 1 fully saturated rings.